The zero-order chi connectivity index (χ0) is 14.9. The quantitative estimate of drug-likeness (QED) is 0.896. The molecule has 108 valence electrons. The van der Waals surface area contributed by atoms with Crippen LogP contribution in [0, 0.1) is 0 Å². The van der Waals surface area contributed by atoms with Crippen LogP contribution in [-0.2, 0) is 4.79 Å². The zero-order valence-electron chi connectivity index (χ0n) is 11.4. The van der Waals surface area contributed by atoms with Crippen molar-refractivity contribution in [3.63, 3.8) is 0 Å². The first-order valence-electron chi connectivity index (χ1n) is 6.87. The molecule has 1 aliphatic carbocycles. The maximum Gasteiger partial charge on any atom is 0.329 e. The Bertz CT molecular complexity index is 708. The summed E-state index contributed by atoms with van der Waals surface area (Å²) < 4.78 is 0. The summed E-state index contributed by atoms with van der Waals surface area (Å²) in [6, 6.07) is 4.97. The molecule has 0 radical (unpaired) electrons. The topological polar surface area (TPSA) is 92.2 Å². The summed E-state index contributed by atoms with van der Waals surface area (Å²) in [6.45, 7) is 0. The fourth-order valence-corrected chi connectivity index (χ4v) is 2.76. The van der Waals surface area contributed by atoms with Crippen molar-refractivity contribution in [1.29, 1.82) is 0 Å². The van der Waals surface area contributed by atoms with Crippen LogP contribution >= 0.6 is 0 Å². The third-order valence-corrected chi connectivity index (χ3v) is 3.95. The molecule has 0 spiro atoms. The molecular formula is C15H15N3O3. The van der Waals surface area contributed by atoms with Gasteiger partial charge in [0.05, 0.1) is 11.0 Å². The summed E-state index contributed by atoms with van der Waals surface area (Å²) in [5.41, 5.74) is 0.577. The van der Waals surface area contributed by atoms with E-state index in [0.29, 0.717) is 29.4 Å². The smallest absolute Gasteiger partial charge is 0.329 e. The molecule has 6 nitrogen and oxygen atoms in total. The van der Waals surface area contributed by atoms with Crippen LogP contribution in [0.15, 0.2) is 30.6 Å². The molecule has 2 N–H and O–H groups in total. The van der Waals surface area contributed by atoms with Crippen LogP contribution in [0.3, 0.4) is 0 Å². The Morgan fingerprint density at radius 1 is 1.10 bits per heavy atom. The van der Waals surface area contributed by atoms with Gasteiger partial charge < -0.3 is 10.4 Å². The minimum Gasteiger partial charge on any atom is -0.480 e. The Morgan fingerprint density at radius 3 is 2.43 bits per heavy atom. The average molecular weight is 285 g/mol. The highest BCUT2D eigenvalue weighted by Gasteiger charge is 2.42. The summed E-state index contributed by atoms with van der Waals surface area (Å²) in [6.07, 6.45) is 5.72. The van der Waals surface area contributed by atoms with Gasteiger partial charge in [-0.25, -0.2) is 4.79 Å². The van der Waals surface area contributed by atoms with Gasteiger partial charge in [-0.1, -0.05) is 12.8 Å². The summed E-state index contributed by atoms with van der Waals surface area (Å²) >= 11 is 0. The van der Waals surface area contributed by atoms with E-state index in [-0.39, 0.29) is 5.91 Å². The van der Waals surface area contributed by atoms with Crippen molar-refractivity contribution < 1.29 is 14.7 Å². The number of nitrogens with zero attached hydrogens (tertiary/aromatic N) is 2. The molecule has 1 aromatic heterocycles. The number of nitrogens with one attached hydrogen (secondary N) is 1. The number of benzene rings is 1. The minimum absolute atomic E-state index is 0.383. The first-order valence-corrected chi connectivity index (χ1v) is 6.87. The molecule has 1 fully saturated rings. The van der Waals surface area contributed by atoms with E-state index in [1.54, 1.807) is 30.6 Å². The fourth-order valence-electron chi connectivity index (χ4n) is 2.76. The number of carboxylic acids is 1. The Kier molecular flexibility index (Phi) is 3.29. The molecule has 0 atom stereocenters. The summed E-state index contributed by atoms with van der Waals surface area (Å²) in [5, 5.41) is 12.1. The number of carboxylic acid groups (broad SMARTS) is 1. The van der Waals surface area contributed by atoms with Gasteiger partial charge in [-0.05, 0) is 31.0 Å². The lowest BCUT2D eigenvalue weighted by molar-refractivity contribution is -0.144. The van der Waals surface area contributed by atoms with Crippen LogP contribution in [0.1, 0.15) is 36.0 Å². The second-order valence-electron chi connectivity index (χ2n) is 5.31. The second kappa shape index (κ2) is 5.12. The van der Waals surface area contributed by atoms with E-state index in [1.165, 1.54) is 0 Å². The van der Waals surface area contributed by atoms with Crippen molar-refractivity contribution in [2.24, 2.45) is 0 Å². The number of hydrogen-bond acceptors (Lipinski definition) is 4. The highest BCUT2D eigenvalue weighted by molar-refractivity contribution is 6.00. The van der Waals surface area contributed by atoms with Gasteiger partial charge in [0.2, 0.25) is 0 Å². The van der Waals surface area contributed by atoms with E-state index in [9.17, 15) is 14.7 Å². The molecule has 1 saturated carbocycles. The van der Waals surface area contributed by atoms with Gasteiger partial charge in [0, 0.05) is 18.0 Å². The summed E-state index contributed by atoms with van der Waals surface area (Å²) in [7, 11) is 0. The standard InChI is InChI=1S/C15H15N3O3/c19-13(18-15(14(20)21)5-1-2-6-15)10-3-4-11-12(9-10)17-8-7-16-11/h3-4,7-9H,1-2,5-6H2,(H,18,19)(H,20,21). The average Bonchev–Trinajstić information content (AvgIpc) is 2.96. The molecule has 1 amide bonds. The van der Waals surface area contributed by atoms with Gasteiger partial charge in [-0.15, -0.1) is 0 Å². The van der Waals surface area contributed by atoms with E-state index in [1.807, 2.05) is 0 Å². The van der Waals surface area contributed by atoms with Gasteiger partial charge in [-0.2, -0.15) is 0 Å². The molecule has 21 heavy (non-hydrogen) atoms. The maximum absolute atomic E-state index is 12.3. The highest BCUT2D eigenvalue weighted by Crippen LogP contribution is 2.30. The molecule has 0 aliphatic heterocycles. The third kappa shape index (κ3) is 2.44. The lowest BCUT2D eigenvalue weighted by Gasteiger charge is -2.25. The monoisotopic (exact) mass is 285 g/mol. The number of rotatable bonds is 3. The Labute approximate surface area is 121 Å². The molecule has 0 unspecified atom stereocenters. The number of hydrogen-bond donors (Lipinski definition) is 2. The molecule has 0 bridgehead atoms. The van der Waals surface area contributed by atoms with Crippen molar-refractivity contribution in [1.82, 2.24) is 15.3 Å². The normalized spacial score (nSPS) is 16.8. The van der Waals surface area contributed by atoms with Gasteiger partial charge >= 0.3 is 5.97 Å². The van der Waals surface area contributed by atoms with Crippen molar-refractivity contribution in [2.75, 3.05) is 0 Å². The summed E-state index contributed by atoms with van der Waals surface area (Å²) in [4.78, 5) is 32.1. The van der Waals surface area contributed by atoms with Gasteiger partial charge in [0.15, 0.2) is 0 Å². The zero-order valence-corrected chi connectivity index (χ0v) is 11.4. The number of aliphatic carboxylic acids is 1. The Hall–Kier alpha value is -2.50. The van der Waals surface area contributed by atoms with Crippen LogP contribution in [0.4, 0.5) is 0 Å². The van der Waals surface area contributed by atoms with Crippen molar-refractivity contribution in [2.45, 2.75) is 31.2 Å². The van der Waals surface area contributed by atoms with E-state index >= 15 is 0 Å². The van der Waals surface area contributed by atoms with Crippen LogP contribution in [0.2, 0.25) is 0 Å². The molecule has 6 heteroatoms. The van der Waals surface area contributed by atoms with E-state index < -0.39 is 11.5 Å². The van der Waals surface area contributed by atoms with Crippen molar-refractivity contribution in [3.8, 4) is 0 Å². The third-order valence-electron chi connectivity index (χ3n) is 3.95. The lowest BCUT2D eigenvalue weighted by Crippen LogP contribution is -2.52. The molecule has 1 aliphatic rings. The van der Waals surface area contributed by atoms with E-state index in [0.717, 1.165) is 12.8 Å². The predicted molar refractivity (Wildman–Crippen MR) is 75.8 cm³/mol. The number of amides is 1. The number of carbonyl (C=O) groups is 2. The van der Waals surface area contributed by atoms with Crippen molar-refractivity contribution in [3.05, 3.63) is 36.2 Å². The number of aromatic nitrogens is 2. The first kappa shape index (κ1) is 13.5. The van der Waals surface area contributed by atoms with Crippen LogP contribution in [0.25, 0.3) is 11.0 Å². The predicted octanol–water partition coefficient (Wildman–Crippen LogP) is 1.76. The Morgan fingerprint density at radius 2 is 1.76 bits per heavy atom. The molecule has 0 saturated heterocycles. The molecule has 1 aromatic carbocycles. The molecule has 1 heterocycles. The SMILES string of the molecule is O=C(NC1(C(=O)O)CCCC1)c1ccc2nccnc2c1. The van der Waals surface area contributed by atoms with Crippen LogP contribution in [0.5, 0.6) is 0 Å². The molecular weight excluding hydrogens is 270 g/mol. The summed E-state index contributed by atoms with van der Waals surface area (Å²) in [5.74, 6) is -1.35. The van der Waals surface area contributed by atoms with E-state index in [4.69, 9.17) is 0 Å². The lowest BCUT2D eigenvalue weighted by atomic mass is 9.97. The fraction of sp³-hybridized carbons (Fsp3) is 0.333. The van der Waals surface area contributed by atoms with Gasteiger partial charge in [0.25, 0.3) is 5.91 Å². The Balaban J connectivity index is 1.88. The van der Waals surface area contributed by atoms with Crippen LogP contribution in [-0.4, -0.2) is 32.5 Å². The number of carbonyl (C=O) groups excluding carboxylic acids is 1. The first-order chi connectivity index (χ1) is 10.1. The largest absolute Gasteiger partial charge is 0.480 e. The van der Waals surface area contributed by atoms with Gasteiger partial charge in [-0.3, -0.25) is 14.8 Å². The van der Waals surface area contributed by atoms with Crippen LogP contribution < -0.4 is 5.32 Å². The highest BCUT2D eigenvalue weighted by atomic mass is 16.4. The molecule has 2 aromatic rings. The number of fused-ring (bicyclic) bond motifs is 1. The van der Waals surface area contributed by atoms with Gasteiger partial charge in [0.1, 0.15) is 5.54 Å². The van der Waals surface area contributed by atoms with E-state index in [2.05, 4.69) is 15.3 Å². The van der Waals surface area contributed by atoms with Crippen molar-refractivity contribution >= 4 is 22.9 Å². The minimum atomic E-state index is -1.13. The maximum atomic E-state index is 12.3. The second-order valence-corrected chi connectivity index (χ2v) is 5.31. The molecule has 3 rings (SSSR count).